The van der Waals surface area contributed by atoms with Gasteiger partial charge in [-0.25, -0.2) is 4.98 Å². The van der Waals surface area contributed by atoms with Crippen molar-refractivity contribution in [2.75, 3.05) is 5.73 Å². The third-order valence-corrected chi connectivity index (χ3v) is 4.00. The molecule has 0 fully saturated rings. The van der Waals surface area contributed by atoms with Gasteiger partial charge in [-0.3, -0.25) is 0 Å². The summed E-state index contributed by atoms with van der Waals surface area (Å²) in [6.45, 7) is 0. The Morgan fingerprint density at radius 3 is 2.57 bits per heavy atom. The van der Waals surface area contributed by atoms with Gasteiger partial charge in [-0.15, -0.1) is 10.2 Å². The van der Waals surface area contributed by atoms with Crippen molar-refractivity contribution in [1.29, 1.82) is 0 Å². The Hall–Kier alpha value is -2.05. The molecule has 0 amide bonds. The van der Waals surface area contributed by atoms with Gasteiger partial charge in [0.15, 0.2) is 10.1 Å². The molecular weight excluding hydrogens is 348 g/mol. The highest BCUT2D eigenvalue weighted by molar-refractivity contribution is 9.10. The second-order valence-electron chi connectivity index (χ2n) is 4.25. The minimum Gasteiger partial charge on any atom is -0.375 e. The minimum absolute atomic E-state index is 0.483. The number of hydrogen-bond donors (Lipinski definition) is 1. The average molecular weight is 359 g/mol. The van der Waals surface area contributed by atoms with Gasteiger partial charge in [0.2, 0.25) is 0 Å². The number of thiazole rings is 1. The third-order valence-electron chi connectivity index (χ3n) is 2.74. The molecule has 1 heterocycles. The van der Waals surface area contributed by atoms with Crippen molar-refractivity contribution < 1.29 is 0 Å². The molecule has 4 nitrogen and oxygen atoms in total. The molecular formula is C15H11BrN4S. The van der Waals surface area contributed by atoms with E-state index in [-0.39, 0.29) is 0 Å². The van der Waals surface area contributed by atoms with Crippen LogP contribution >= 0.6 is 27.3 Å². The predicted molar refractivity (Wildman–Crippen MR) is 90.3 cm³/mol. The van der Waals surface area contributed by atoms with Crippen LogP contribution in [0.3, 0.4) is 0 Å². The van der Waals surface area contributed by atoms with Gasteiger partial charge in [0, 0.05) is 10.0 Å². The summed E-state index contributed by atoms with van der Waals surface area (Å²) in [6.07, 6.45) is 0. The van der Waals surface area contributed by atoms with Crippen molar-refractivity contribution in [3.63, 3.8) is 0 Å². The van der Waals surface area contributed by atoms with E-state index in [2.05, 4.69) is 31.1 Å². The first-order valence-electron chi connectivity index (χ1n) is 6.21. The van der Waals surface area contributed by atoms with Crippen molar-refractivity contribution in [3.05, 3.63) is 59.1 Å². The molecule has 0 spiro atoms. The van der Waals surface area contributed by atoms with E-state index in [0.717, 1.165) is 21.4 Å². The Morgan fingerprint density at radius 1 is 1.00 bits per heavy atom. The Balaban J connectivity index is 1.96. The van der Waals surface area contributed by atoms with Crippen LogP contribution in [0.2, 0.25) is 0 Å². The number of nitrogen functional groups attached to an aromatic ring is 1. The molecule has 0 bridgehead atoms. The van der Waals surface area contributed by atoms with Gasteiger partial charge in [0.1, 0.15) is 5.69 Å². The Bertz CT molecular complexity index is 783. The van der Waals surface area contributed by atoms with E-state index in [4.69, 9.17) is 5.73 Å². The van der Waals surface area contributed by atoms with Crippen molar-refractivity contribution in [1.82, 2.24) is 4.98 Å². The lowest BCUT2D eigenvalue weighted by molar-refractivity contribution is 1.24. The lowest BCUT2D eigenvalue weighted by Crippen LogP contribution is -1.82. The summed E-state index contributed by atoms with van der Waals surface area (Å²) < 4.78 is 0.964. The number of rotatable bonds is 3. The molecule has 104 valence electrons. The van der Waals surface area contributed by atoms with Crippen molar-refractivity contribution in [2.24, 2.45) is 10.2 Å². The van der Waals surface area contributed by atoms with Gasteiger partial charge < -0.3 is 5.73 Å². The molecule has 0 atom stereocenters. The zero-order chi connectivity index (χ0) is 14.7. The first kappa shape index (κ1) is 13.9. The fraction of sp³-hybridized carbons (Fsp3) is 0. The first-order valence-corrected chi connectivity index (χ1v) is 7.82. The van der Waals surface area contributed by atoms with Crippen LogP contribution in [0.25, 0.3) is 11.3 Å². The van der Waals surface area contributed by atoms with E-state index in [1.165, 1.54) is 11.3 Å². The van der Waals surface area contributed by atoms with Gasteiger partial charge in [-0.05, 0) is 18.2 Å². The zero-order valence-electron chi connectivity index (χ0n) is 10.9. The number of hydrogen-bond acceptors (Lipinski definition) is 5. The van der Waals surface area contributed by atoms with Crippen LogP contribution in [0.15, 0.2) is 69.3 Å². The van der Waals surface area contributed by atoms with Crippen LogP contribution in [0.1, 0.15) is 0 Å². The SMILES string of the molecule is Nc1nc(-c2ccccc2)c(N=Nc2cccc(Br)c2)s1. The third kappa shape index (κ3) is 3.34. The molecule has 6 heteroatoms. The van der Waals surface area contributed by atoms with E-state index >= 15 is 0 Å². The number of aromatic nitrogens is 1. The molecule has 2 N–H and O–H groups in total. The van der Waals surface area contributed by atoms with E-state index in [9.17, 15) is 0 Å². The van der Waals surface area contributed by atoms with Crippen LogP contribution in [0.4, 0.5) is 15.8 Å². The molecule has 3 rings (SSSR count). The van der Waals surface area contributed by atoms with E-state index in [1.54, 1.807) is 0 Å². The molecule has 0 saturated carbocycles. The highest BCUT2D eigenvalue weighted by Gasteiger charge is 2.11. The predicted octanol–water partition coefficient (Wildman–Crippen LogP) is 5.57. The highest BCUT2D eigenvalue weighted by atomic mass is 79.9. The number of benzene rings is 2. The van der Waals surface area contributed by atoms with Crippen LogP contribution in [0, 0.1) is 0 Å². The summed E-state index contributed by atoms with van der Waals surface area (Å²) in [4.78, 5) is 4.34. The largest absolute Gasteiger partial charge is 0.375 e. The van der Waals surface area contributed by atoms with Crippen molar-refractivity contribution >= 4 is 43.1 Å². The first-order chi connectivity index (χ1) is 10.2. The quantitative estimate of drug-likeness (QED) is 0.621. The van der Waals surface area contributed by atoms with Crippen molar-refractivity contribution in [3.8, 4) is 11.3 Å². The smallest absolute Gasteiger partial charge is 0.182 e. The molecule has 2 aromatic carbocycles. The van der Waals surface area contributed by atoms with Gasteiger partial charge in [-0.1, -0.05) is 63.7 Å². The maximum absolute atomic E-state index is 5.81. The van der Waals surface area contributed by atoms with Gasteiger partial charge in [0.05, 0.1) is 5.69 Å². The van der Waals surface area contributed by atoms with Gasteiger partial charge in [-0.2, -0.15) is 0 Å². The fourth-order valence-electron chi connectivity index (χ4n) is 1.82. The standard InChI is InChI=1S/C15H11BrN4S/c16-11-7-4-8-12(9-11)19-20-14-13(18-15(17)21-14)10-5-2-1-3-6-10/h1-9H,(H2,17,18). The second-order valence-corrected chi connectivity index (χ2v) is 6.18. The number of anilines is 1. The molecule has 0 radical (unpaired) electrons. The van der Waals surface area contributed by atoms with Crippen LogP contribution in [0.5, 0.6) is 0 Å². The Morgan fingerprint density at radius 2 is 1.81 bits per heavy atom. The minimum atomic E-state index is 0.483. The Labute approximate surface area is 134 Å². The lowest BCUT2D eigenvalue weighted by atomic mass is 10.2. The monoisotopic (exact) mass is 358 g/mol. The number of nitrogens with zero attached hydrogens (tertiary/aromatic N) is 3. The Kier molecular flexibility index (Phi) is 4.08. The van der Waals surface area contributed by atoms with Crippen LogP contribution in [-0.4, -0.2) is 4.98 Å². The maximum Gasteiger partial charge on any atom is 0.182 e. The zero-order valence-corrected chi connectivity index (χ0v) is 13.3. The summed E-state index contributed by atoms with van der Waals surface area (Å²) in [5, 5.41) is 9.73. The van der Waals surface area contributed by atoms with E-state index < -0.39 is 0 Å². The highest BCUT2D eigenvalue weighted by Crippen LogP contribution is 2.37. The second kappa shape index (κ2) is 6.15. The van der Waals surface area contributed by atoms with E-state index in [0.29, 0.717) is 10.1 Å². The number of halogens is 1. The molecule has 3 aromatic rings. The molecule has 0 aliphatic carbocycles. The molecule has 0 unspecified atom stereocenters. The maximum atomic E-state index is 5.81. The molecule has 0 aliphatic rings. The molecule has 1 aromatic heterocycles. The van der Waals surface area contributed by atoms with Crippen LogP contribution in [-0.2, 0) is 0 Å². The molecule has 0 saturated heterocycles. The summed E-state index contributed by atoms with van der Waals surface area (Å²) in [7, 11) is 0. The van der Waals surface area contributed by atoms with Crippen molar-refractivity contribution in [2.45, 2.75) is 0 Å². The fourth-order valence-corrected chi connectivity index (χ4v) is 2.89. The number of nitrogens with two attached hydrogens (primary N) is 1. The summed E-state index contributed by atoms with van der Waals surface area (Å²) in [5.74, 6) is 0. The normalized spacial score (nSPS) is 11.1. The lowest BCUT2D eigenvalue weighted by Gasteiger charge is -1.97. The van der Waals surface area contributed by atoms with Crippen LogP contribution < -0.4 is 5.73 Å². The number of azo groups is 1. The topological polar surface area (TPSA) is 63.6 Å². The van der Waals surface area contributed by atoms with Gasteiger partial charge in [0.25, 0.3) is 0 Å². The summed E-state index contributed by atoms with van der Waals surface area (Å²) in [6, 6.07) is 17.5. The summed E-state index contributed by atoms with van der Waals surface area (Å²) in [5.41, 5.74) is 8.32. The average Bonchev–Trinajstić information content (AvgIpc) is 2.87. The molecule has 21 heavy (non-hydrogen) atoms. The van der Waals surface area contributed by atoms with Gasteiger partial charge >= 0.3 is 0 Å². The van der Waals surface area contributed by atoms with E-state index in [1.807, 2.05) is 54.6 Å². The summed E-state index contributed by atoms with van der Waals surface area (Å²) >= 11 is 4.74. The molecule has 0 aliphatic heterocycles.